The van der Waals surface area contributed by atoms with Crippen molar-refractivity contribution in [3.63, 3.8) is 0 Å². The second-order valence-corrected chi connectivity index (χ2v) is 9.10. The third-order valence-corrected chi connectivity index (χ3v) is 6.26. The van der Waals surface area contributed by atoms with Crippen LogP contribution >= 0.6 is 0 Å². The van der Waals surface area contributed by atoms with Gasteiger partial charge in [-0.2, -0.15) is 0 Å². The summed E-state index contributed by atoms with van der Waals surface area (Å²) >= 11 is 0. The van der Waals surface area contributed by atoms with E-state index in [1.165, 1.54) is 38.2 Å². The Bertz CT molecular complexity index is 716. The van der Waals surface area contributed by atoms with Crippen LogP contribution < -0.4 is 4.74 Å². The Morgan fingerprint density at radius 3 is 2.15 bits per heavy atom. The average Bonchev–Trinajstić information content (AvgIpc) is 2.83. The predicted octanol–water partition coefficient (Wildman–Crippen LogP) is 6.88. The van der Waals surface area contributed by atoms with E-state index in [1.807, 2.05) is 38.1 Å². The monoisotopic (exact) mass is 458 g/mol. The molecule has 0 heterocycles. The van der Waals surface area contributed by atoms with Crippen LogP contribution in [0.5, 0.6) is 5.75 Å². The normalized spacial score (nSPS) is 19.2. The van der Waals surface area contributed by atoms with Gasteiger partial charge in [-0.15, -0.1) is 0 Å². The number of carbonyl (C=O) groups excluding carboxylic acids is 2. The van der Waals surface area contributed by atoms with Gasteiger partial charge in [-0.25, -0.2) is 4.79 Å². The number of rotatable bonds is 14. The van der Waals surface area contributed by atoms with Gasteiger partial charge in [0.15, 0.2) is 0 Å². The highest BCUT2D eigenvalue weighted by atomic mass is 16.6. The molecule has 0 aromatic heterocycles. The standard InChI is InChI=1S/C28H42O5/c1-4-6-7-8-9-10-21-31-24-14-11-23(12-15-24)13-20-27(29)32-25-16-18-26(19-17-25)33-28(30)22(3)5-2/h11-15,20,22,25-26H,4-10,16-19,21H2,1-3H3/b20-13+. The molecule has 1 unspecified atom stereocenters. The molecule has 2 rings (SSSR count). The summed E-state index contributed by atoms with van der Waals surface area (Å²) in [5.41, 5.74) is 0.930. The molecule has 0 amide bonds. The SMILES string of the molecule is CCCCCCCCOc1ccc(/C=C/C(=O)OC2CCC(OC(=O)C(C)CC)CC2)cc1. The van der Waals surface area contributed by atoms with Crippen LogP contribution in [0.1, 0.15) is 97.0 Å². The number of benzene rings is 1. The van der Waals surface area contributed by atoms with Gasteiger partial charge in [0.1, 0.15) is 18.0 Å². The van der Waals surface area contributed by atoms with Crippen LogP contribution in [0.2, 0.25) is 0 Å². The summed E-state index contributed by atoms with van der Waals surface area (Å²) in [6, 6.07) is 7.75. The van der Waals surface area contributed by atoms with Crippen LogP contribution in [-0.4, -0.2) is 30.8 Å². The molecule has 5 nitrogen and oxygen atoms in total. The first-order valence-electron chi connectivity index (χ1n) is 12.8. The summed E-state index contributed by atoms with van der Waals surface area (Å²) in [4.78, 5) is 24.1. The second kappa shape index (κ2) is 15.5. The molecule has 5 heteroatoms. The molecule has 1 saturated carbocycles. The minimum atomic E-state index is -0.335. The molecule has 0 spiro atoms. The fourth-order valence-electron chi connectivity index (χ4n) is 3.83. The lowest BCUT2D eigenvalue weighted by molar-refractivity contribution is -0.159. The lowest BCUT2D eigenvalue weighted by Gasteiger charge is -2.28. The van der Waals surface area contributed by atoms with Gasteiger partial charge in [-0.3, -0.25) is 4.79 Å². The van der Waals surface area contributed by atoms with Crippen molar-refractivity contribution >= 4 is 18.0 Å². The maximum atomic E-state index is 12.2. The largest absolute Gasteiger partial charge is 0.494 e. The molecule has 1 atom stereocenters. The van der Waals surface area contributed by atoms with E-state index in [1.54, 1.807) is 6.08 Å². The maximum Gasteiger partial charge on any atom is 0.331 e. The van der Waals surface area contributed by atoms with Crippen LogP contribution in [0, 0.1) is 5.92 Å². The van der Waals surface area contributed by atoms with E-state index in [-0.39, 0.29) is 30.1 Å². The molecular formula is C28H42O5. The Kier molecular flexibility index (Phi) is 12.7. The summed E-state index contributed by atoms with van der Waals surface area (Å²) in [6.07, 6.45) is 14.3. The van der Waals surface area contributed by atoms with Gasteiger partial charge in [-0.05, 0) is 62.3 Å². The molecule has 33 heavy (non-hydrogen) atoms. The summed E-state index contributed by atoms with van der Waals surface area (Å²) in [7, 11) is 0. The Balaban J connectivity index is 1.63. The highest BCUT2D eigenvalue weighted by Crippen LogP contribution is 2.25. The van der Waals surface area contributed by atoms with Crippen molar-refractivity contribution in [2.45, 2.75) is 104 Å². The number of esters is 2. The third kappa shape index (κ3) is 10.9. The fourth-order valence-corrected chi connectivity index (χ4v) is 3.83. The first-order valence-corrected chi connectivity index (χ1v) is 12.8. The molecule has 0 saturated heterocycles. The minimum Gasteiger partial charge on any atom is -0.494 e. The van der Waals surface area contributed by atoms with Crippen molar-refractivity contribution in [3.8, 4) is 5.75 Å². The van der Waals surface area contributed by atoms with Gasteiger partial charge >= 0.3 is 11.9 Å². The van der Waals surface area contributed by atoms with E-state index in [0.29, 0.717) is 0 Å². The van der Waals surface area contributed by atoms with E-state index in [0.717, 1.165) is 56.4 Å². The van der Waals surface area contributed by atoms with Crippen molar-refractivity contribution in [2.24, 2.45) is 5.92 Å². The van der Waals surface area contributed by atoms with Crippen LogP contribution in [0.15, 0.2) is 30.3 Å². The van der Waals surface area contributed by atoms with Gasteiger partial charge in [0.25, 0.3) is 0 Å². The van der Waals surface area contributed by atoms with Gasteiger partial charge in [0.05, 0.1) is 12.5 Å². The Hall–Kier alpha value is -2.30. The van der Waals surface area contributed by atoms with Crippen LogP contribution in [0.25, 0.3) is 6.08 Å². The lowest BCUT2D eigenvalue weighted by Crippen LogP contribution is -2.30. The van der Waals surface area contributed by atoms with E-state index >= 15 is 0 Å². The Labute approximate surface area is 199 Å². The molecular weight excluding hydrogens is 416 g/mol. The fraction of sp³-hybridized carbons (Fsp3) is 0.643. The van der Waals surface area contributed by atoms with E-state index in [4.69, 9.17) is 14.2 Å². The van der Waals surface area contributed by atoms with Gasteiger partial charge in [-0.1, -0.05) is 65.0 Å². The predicted molar refractivity (Wildman–Crippen MR) is 132 cm³/mol. The van der Waals surface area contributed by atoms with Crippen molar-refractivity contribution in [1.29, 1.82) is 0 Å². The zero-order valence-electron chi connectivity index (χ0n) is 20.7. The average molecular weight is 459 g/mol. The summed E-state index contributed by atoms with van der Waals surface area (Å²) in [5, 5.41) is 0. The van der Waals surface area contributed by atoms with Crippen LogP contribution in [0.3, 0.4) is 0 Å². The van der Waals surface area contributed by atoms with Crippen molar-refractivity contribution in [2.75, 3.05) is 6.61 Å². The van der Waals surface area contributed by atoms with E-state index in [9.17, 15) is 9.59 Å². The van der Waals surface area contributed by atoms with E-state index < -0.39 is 0 Å². The van der Waals surface area contributed by atoms with Gasteiger partial charge in [0.2, 0.25) is 0 Å². The molecule has 1 aliphatic rings. The third-order valence-electron chi connectivity index (χ3n) is 6.26. The smallest absolute Gasteiger partial charge is 0.331 e. The second-order valence-electron chi connectivity index (χ2n) is 9.10. The molecule has 0 radical (unpaired) electrons. The zero-order valence-corrected chi connectivity index (χ0v) is 20.7. The first-order chi connectivity index (χ1) is 16.0. The highest BCUT2D eigenvalue weighted by molar-refractivity contribution is 5.87. The molecule has 184 valence electrons. The molecule has 1 aliphatic carbocycles. The van der Waals surface area contributed by atoms with Crippen molar-refractivity contribution in [3.05, 3.63) is 35.9 Å². The molecule has 1 aromatic rings. The van der Waals surface area contributed by atoms with Crippen molar-refractivity contribution < 1.29 is 23.8 Å². The highest BCUT2D eigenvalue weighted by Gasteiger charge is 2.26. The Morgan fingerprint density at radius 2 is 1.52 bits per heavy atom. The number of carbonyl (C=O) groups is 2. The summed E-state index contributed by atoms with van der Waals surface area (Å²) in [5.74, 6) is 0.332. The molecule has 0 aliphatic heterocycles. The zero-order chi connectivity index (χ0) is 23.9. The maximum absolute atomic E-state index is 12.2. The number of hydrogen-bond donors (Lipinski definition) is 0. The summed E-state index contributed by atoms with van der Waals surface area (Å²) in [6.45, 7) is 6.84. The quantitative estimate of drug-likeness (QED) is 0.173. The minimum absolute atomic E-state index is 0.0567. The molecule has 0 N–H and O–H groups in total. The van der Waals surface area contributed by atoms with Crippen LogP contribution in [-0.2, 0) is 19.1 Å². The Morgan fingerprint density at radius 1 is 0.909 bits per heavy atom. The number of unbranched alkanes of at least 4 members (excludes halogenated alkanes) is 5. The molecule has 1 fully saturated rings. The van der Waals surface area contributed by atoms with Crippen molar-refractivity contribution in [1.82, 2.24) is 0 Å². The van der Waals surface area contributed by atoms with E-state index in [2.05, 4.69) is 6.92 Å². The number of ether oxygens (including phenoxy) is 3. The molecule has 0 bridgehead atoms. The number of hydrogen-bond acceptors (Lipinski definition) is 5. The first kappa shape index (κ1) is 26.9. The van der Waals surface area contributed by atoms with Crippen LogP contribution in [0.4, 0.5) is 0 Å². The van der Waals surface area contributed by atoms with Gasteiger partial charge in [0, 0.05) is 6.08 Å². The summed E-state index contributed by atoms with van der Waals surface area (Å²) < 4.78 is 16.9. The topological polar surface area (TPSA) is 61.8 Å². The lowest BCUT2D eigenvalue weighted by atomic mass is 9.94. The van der Waals surface area contributed by atoms with Gasteiger partial charge < -0.3 is 14.2 Å². The molecule has 1 aromatic carbocycles.